The van der Waals surface area contributed by atoms with E-state index in [1.165, 1.54) is 23.5 Å². The van der Waals surface area contributed by atoms with Crippen LogP contribution in [-0.2, 0) is 16.0 Å². The van der Waals surface area contributed by atoms with Crippen molar-refractivity contribution < 1.29 is 14.5 Å². The van der Waals surface area contributed by atoms with E-state index in [0.717, 1.165) is 22.8 Å². The van der Waals surface area contributed by atoms with Crippen LogP contribution < -0.4 is 10.2 Å². The molecule has 1 fully saturated rings. The predicted octanol–water partition coefficient (Wildman–Crippen LogP) is 3.81. The van der Waals surface area contributed by atoms with Crippen molar-refractivity contribution >= 4 is 45.3 Å². The number of carbonyl (C=O) groups excluding carboxylic acids is 1. The second-order valence-corrected chi connectivity index (χ2v) is 9.04. The molecule has 0 radical (unpaired) electrons. The van der Waals surface area contributed by atoms with Gasteiger partial charge in [-0.3, -0.25) is 14.9 Å². The third-order valence-electron chi connectivity index (χ3n) is 5.72. The number of benzene rings is 2. The summed E-state index contributed by atoms with van der Waals surface area (Å²) in [5, 5.41) is 28.1. The maximum absolute atomic E-state index is 12.6. The minimum Gasteiger partial charge on any atom is -0.378 e. The molecule has 1 aliphatic heterocycles. The number of morpholine rings is 1. The number of fused-ring (bicyclic) bond motifs is 1. The van der Waals surface area contributed by atoms with Crippen molar-refractivity contribution in [3.05, 3.63) is 70.0 Å². The van der Waals surface area contributed by atoms with Gasteiger partial charge in [0.05, 0.1) is 18.1 Å². The first-order valence-electron chi connectivity index (χ1n) is 11.4. The first-order chi connectivity index (χ1) is 17.5. The summed E-state index contributed by atoms with van der Waals surface area (Å²) in [5.41, 5.74) is 2.58. The van der Waals surface area contributed by atoms with E-state index in [1.807, 2.05) is 30.0 Å². The minimum absolute atomic E-state index is 0.00313. The quantitative estimate of drug-likeness (QED) is 0.228. The summed E-state index contributed by atoms with van der Waals surface area (Å²) in [6.45, 7) is 4.26. The largest absolute Gasteiger partial charge is 0.378 e. The molecule has 0 bridgehead atoms. The van der Waals surface area contributed by atoms with Crippen molar-refractivity contribution in [2.24, 2.45) is 0 Å². The molecule has 4 aromatic rings. The summed E-state index contributed by atoms with van der Waals surface area (Å²) in [6.07, 6.45) is 3.65. The molecule has 1 amide bonds. The SMILES string of the molecule is CCc1nnc2sc(-c3cccc(NC(=O)/C=C/c4ccc(N5CCOCC5)c([N+](=O)[O-])c4)c3)nn12. The van der Waals surface area contributed by atoms with Crippen LogP contribution >= 0.6 is 11.3 Å². The Labute approximate surface area is 210 Å². The Morgan fingerprint density at radius 3 is 2.83 bits per heavy atom. The summed E-state index contributed by atoms with van der Waals surface area (Å²) < 4.78 is 7.07. The number of carbonyl (C=O) groups is 1. The number of nitrogens with one attached hydrogen (secondary N) is 1. The molecule has 1 N–H and O–H groups in total. The van der Waals surface area contributed by atoms with Gasteiger partial charge in [0.2, 0.25) is 10.9 Å². The molecular formula is C24H23N7O4S. The fraction of sp³-hybridized carbons (Fsp3) is 0.250. The normalized spacial score (nSPS) is 14.0. The average molecular weight is 506 g/mol. The Kier molecular flexibility index (Phi) is 6.69. The van der Waals surface area contributed by atoms with Gasteiger partial charge in [0, 0.05) is 42.9 Å². The van der Waals surface area contributed by atoms with Gasteiger partial charge in [-0.1, -0.05) is 36.5 Å². The number of nitrogens with zero attached hydrogens (tertiary/aromatic N) is 6. The smallest absolute Gasteiger partial charge is 0.293 e. The van der Waals surface area contributed by atoms with Gasteiger partial charge in [0.1, 0.15) is 10.7 Å². The fourth-order valence-electron chi connectivity index (χ4n) is 3.94. The molecule has 12 heteroatoms. The summed E-state index contributed by atoms with van der Waals surface area (Å²) in [5.74, 6) is 0.443. The molecule has 0 spiro atoms. The van der Waals surface area contributed by atoms with Gasteiger partial charge < -0.3 is 15.0 Å². The zero-order chi connectivity index (χ0) is 25.1. The van der Waals surface area contributed by atoms with Gasteiger partial charge in [-0.15, -0.1) is 10.2 Å². The van der Waals surface area contributed by atoms with Crippen LogP contribution in [0.4, 0.5) is 17.1 Å². The van der Waals surface area contributed by atoms with Gasteiger partial charge in [-0.2, -0.15) is 9.61 Å². The number of nitro benzene ring substituents is 1. The zero-order valence-corrected chi connectivity index (χ0v) is 20.3. The molecule has 36 heavy (non-hydrogen) atoms. The number of aryl methyl sites for hydroxylation is 1. The van der Waals surface area contributed by atoms with Crippen molar-refractivity contribution in [2.45, 2.75) is 13.3 Å². The van der Waals surface area contributed by atoms with Crippen LogP contribution in [0.1, 0.15) is 18.3 Å². The maximum atomic E-state index is 12.6. The third kappa shape index (κ3) is 4.95. The summed E-state index contributed by atoms with van der Waals surface area (Å²) >= 11 is 1.42. The van der Waals surface area contributed by atoms with E-state index in [4.69, 9.17) is 4.74 Å². The Bertz CT molecular complexity index is 1460. The van der Waals surface area contributed by atoms with Crippen LogP contribution in [0, 0.1) is 10.1 Å². The highest BCUT2D eigenvalue weighted by atomic mass is 32.1. The molecule has 184 valence electrons. The van der Waals surface area contributed by atoms with E-state index in [2.05, 4.69) is 20.6 Å². The summed E-state index contributed by atoms with van der Waals surface area (Å²) in [7, 11) is 0. The van der Waals surface area contributed by atoms with E-state index >= 15 is 0 Å². The first kappa shape index (κ1) is 23.6. The van der Waals surface area contributed by atoms with Crippen molar-refractivity contribution in [1.29, 1.82) is 0 Å². The maximum Gasteiger partial charge on any atom is 0.293 e. The van der Waals surface area contributed by atoms with E-state index < -0.39 is 4.92 Å². The number of anilines is 2. The Morgan fingerprint density at radius 2 is 2.06 bits per heavy atom. The van der Waals surface area contributed by atoms with Crippen molar-refractivity contribution in [3.63, 3.8) is 0 Å². The van der Waals surface area contributed by atoms with Crippen LogP contribution in [0.2, 0.25) is 0 Å². The van der Waals surface area contributed by atoms with E-state index in [0.29, 0.717) is 48.2 Å². The molecule has 0 atom stereocenters. The number of nitro groups is 1. The molecule has 2 aromatic heterocycles. The average Bonchev–Trinajstić information content (AvgIpc) is 3.49. The number of ether oxygens (including phenoxy) is 1. The number of hydrogen-bond donors (Lipinski definition) is 1. The van der Waals surface area contributed by atoms with Crippen LogP contribution in [-0.4, -0.2) is 56.9 Å². The van der Waals surface area contributed by atoms with Gasteiger partial charge >= 0.3 is 0 Å². The van der Waals surface area contributed by atoms with E-state index in [9.17, 15) is 14.9 Å². The Hall–Kier alpha value is -4.16. The van der Waals surface area contributed by atoms with Gasteiger partial charge in [0.15, 0.2) is 5.82 Å². The van der Waals surface area contributed by atoms with Gasteiger partial charge in [0.25, 0.3) is 5.69 Å². The molecule has 11 nitrogen and oxygen atoms in total. The lowest BCUT2D eigenvalue weighted by Crippen LogP contribution is -2.36. The second kappa shape index (κ2) is 10.2. The number of hydrogen-bond acceptors (Lipinski definition) is 9. The fourth-order valence-corrected chi connectivity index (χ4v) is 4.80. The van der Waals surface area contributed by atoms with Crippen LogP contribution in [0.5, 0.6) is 0 Å². The predicted molar refractivity (Wildman–Crippen MR) is 137 cm³/mol. The van der Waals surface area contributed by atoms with Crippen molar-refractivity contribution in [2.75, 3.05) is 36.5 Å². The topological polar surface area (TPSA) is 128 Å². The second-order valence-electron chi connectivity index (χ2n) is 8.08. The molecule has 0 saturated carbocycles. The Balaban J connectivity index is 1.29. The highest BCUT2D eigenvalue weighted by Crippen LogP contribution is 2.31. The molecule has 0 unspecified atom stereocenters. The van der Waals surface area contributed by atoms with E-state index in [1.54, 1.807) is 28.8 Å². The number of amides is 1. The lowest BCUT2D eigenvalue weighted by atomic mass is 10.1. The van der Waals surface area contributed by atoms with Crippen LogP contribution in [0.25, 0.3) is 21.6 Å². The van der Waals surface area contributed by atoms with Gasteiger partial charge in [-0.25, -0.2) is 0 Å². The number of rotatable bonds is 7. The summed E-state index contributed by atoms with van der Waals surface area (Å²) in [6, 6.07) is 12.3. The highest BCUT2D eigenvalue weighted by Gasteiger charge is 2.21. The third-order valence-corrected chi connectivity index (χ3v) is 6.67. The van der Waals surface area contributed by atoms with Gasteiger partial charge in [-0.05, 0) is 29.8 Å². The highest BCUT2D eigenvalue weighted by molar-refractivity contribution is 7.19. The van der Waals surface area contributed by atoms with Crippen molar-refractivity contribution in [1.82, 2.24) is 19.8 Å². The standard InChI is InChI=1S/C24H23N7O4S/c1-2-21-26-27-24-30(21)28-23(36-24)17-4-3-5-18(15-17)25-22(32)9-7-16-6-8-19(20(14-16)31(33)34)29-10-12-35-13-11-29/h3-9,14-15H,2,10-13H2,1H3,(H,25,32)/b9-7+. The Morgan fingerprint density at radius 1 is 1.22 bits per heavy atom. The number of aromatic nitrogens is 4. The lowest BCUT2D eigenvalue weighted by Gasteiger charge is -2.28. The molecule has 1 aliphatic rings. The molecule has 5 rings (SSSR count). The minimum atomic E-state index is -0.400. The zero-order valence-electron chi connectivity index (χ0n) is 19.5. The van der Waals surface area contributed by atoms with Crippen LogP contribution in [0.3, 0.4) is 0 Å². The molecule has 3 heterocycles. The van der Waals surface area contributed by atoms with Crippen molar-refractivity contribution in [3.8, 4) is 10.6 Å². The van der Waals surface area contributed by atoms with E-state index in [-0.39, 0.29) is 11.6 Å². The molecule has 2 aromatic carbocycles. The molecule has 1 saturated heterocycles. The van der Waals surface area contributed by atoms with Crippen LogP contribution in [0.15, 0.2) is 48.5 Å². The molecular weight excluding hydrogens is 482 g/mol. The monoisotopic (exact) mass is 505 g/mol. The molecule has 0 aliphatic carbocycles. The summed E-state index contributed by atoms with van der Waals surface area (Å²) in [4.78, 5) is 26.5. The lowest BCUT2D eigenvalue weighted by molar-refractivity contribution is -0.384. The first-order valence-corrected chi connectivity index (χ1v) is 12.2.